The van der Waals surface area contributed by atoms with Crippen molar-refractivity contribution in [2.24, 2.45) is 11.5 Å². The van der Waals surface area contributed by atoms with Gasteiger partial charge in [0, 0.05) is 6.54 Å². The van der Waals surface area contributed by atoms with Crippen molar-refractivity contribution in [3.8, 4) is 0 Å². The van der Waals surface area contributed by atoms with Crippen LogP contribution in [-0.4, -0.2) is 82.2 Å². The molecule has 0 aromatic heterocycles. The SMILES string of the molecule is CC(N)C(=O)NC(C(=O)N1CCCC1C(=O)NC(CCCCN)C(=O)O)C(C)O. The Hall–Kier alpha value is -2.24. The number of aliphatic carboxylic acids is 1. The average molecular weight is 415 g/mol. The molecule has 0 aromatic rings. The number of nitrogens with two attached hydrogens (primary N) is 2. The molecule has 0 aliphatic carbocycles. The van der Waals surface area contributed by atoms with E-state index in [0.717, 1.165) is 0 Å². The molecule has 0 radical (unpaired) electrons. The maximum Gasteiger partial charge on any atom is 0.326 e. The predicted molar refractivity (Wildman–Crippen MR) is 104 cm³/mol. The van der Waals surface area contributed by atoms with E-state index in [1.807, 2.05) is 0 Å². The Bertz CT molecular complexity index is 597. The second-order valence-corrected chi connectivity index (χ2v) is 7.39. The Balaban J connectivity index is 2.85. The van der Waals surface area contributed by atoms with Crippen LogP contribution in [0.2, 0.25) is 0 Å². The summed E-state index contributed by atoms with van der Waals surface area (Å²) in [5, 5.41) is 24.2. The number of unbranched alkanes of at least 4 members (excludes halogenated alkanes) is 1. The van der Waals surface area contributed by atoms with Crippen LogP contribution in [0.1, 0.15) is 46.0 Å². The van der Waals surface area contributed by atoms with Crippen LogP contribution in [0.5, 0.6) is 0 Å². The number of nitrogens with one attached hydrogen (secondary N) is 2. The van der Waals surface area contributed by atoms with Crippen LogP contribution < -0.4 is 22.1 Å². The molecule has 5 unspecified atom stereocenters. The van der Waals surface area contributed by atoms with Gasteiger partial charge in [-0.2, -0.15) is 0 Å². The fourth-order valence-electron chi connectivity index (χ4n) is 3.17. The number of carbonyl (C=O) groups excluding carboxylic acids is 3. The number of nitrogens with zero attached hydrogens (tertiary/aromatic N) is 1. The van der Waals surface area contributed by atoms with Crippen LogP contribution in [0.3, 0.4) is 0 Å². The first-order valence-electron chi connectivity index (χ1n) is 9.87. The fourth-order valence-corrected chi connectivity index (χ4v) is 3.17. The zero-order valence-electron chi connectivity index (χ0n) is 17.0. The number of carboxylic acid groups (broad SMARTS) is 1. The normalized spacial score (nSPS) is 20.4. The molecule has 1 aliphatic rings. The minimum absolute atomic E-state index is 0.236. The number of hydrogen-bond acceptors (Lipinski definition) is 7. The van der Waals surface area contributed by atoms with Gasteiger partial charge in [0.25, 0.3) is 0 Å². The molecule has 166 valence electrons. The van der Waals surface area contributed by atoms with E-state index in [4.69, 9.17) is 11.5 Å². The molecule has 0 aromatic carbocycles. The van der Waals surface area contributed by atoms with Crippen molar-refractivity contribution in [3.05, 3.63) is 0 Å². The van der Waals surface area contributed by atoms with E-state index in [-0.39, 0.29) is 13.0 Å². The smallest absolute Gasteiger partial charge is 0.326 e. The van der Waals surface area contributed by atoms with Crippen LogP contribution >= 0.6 is 0 Å². The van der Waals surface area contributed by atoms with Crippen LogP contribution in [0.4, 0.5) is 0 Å². The maximum absolute atomic E-state index is 12.9. The lowest BCUT2D eigenvalue weighted by molar-refractivity contribution is -0.146. The first kappa shape index (κ1) is 24.8. The summed E-state index contributed by atoms with van der Waals surface area (Å²) in [6.45, 7) is 3.49. The quantitative estimate of drug-likeness (QED) is 0.207. The number of aliphatic hydroxyl groups is 1. The summed E-state index contributed by atoms with van der Waals surface area (Å²) >= 11 is 0. The van der Waals surface area contributed by atoms with Gasteiger partial charge in [0.15, 0.2) is 0 Å². The summed E-state index contributed by atoms with van der Waals surface area (Å²) in [7, 11) is 0. The molecule has 1 saturated heterocycles. The minimum Gasteiger partial charge on any atom is -0.480 e. The fraction of sp³-hybridized carbons (Fsp3) is 0.778. The maximum atomic E-state index is 12.9. The van der Waals surface area contributed by atoms with Crippen LogP contribution in [0, 0.1) is 0 Å². The molecule has 1 heterocycles. The van der Waals surface area contributed by atoms with E-state index in [1.54, 1.807) is 0 Å². The largest absolute Gasteiger partial charge is 0.480 e. The molecular formula is C18H33N5O6. The van der Waals surface area contributed by atoms with E-state index >= 15 is 0 Å². The van der Waals surface area contributed by atoms with E-state index in [1.165, 1.54) is 18.7 Å². The van der Waals surface area contributed by atoms with Gasteiger partial charge in [0.1, 0.15) is 18.1 Å². The number of amides is 3. The monoisotopic (exact) mass is 415 g/mol. The van der Waals surface area contributed by atoms with E-state index in [2.05, 4.69) is 10.6 Å². The first-order valence-corrected chi connectivity index (χ1v) is 9.87. The molecule has 3 amide bonds. The summed E-state index contributed by atoms with van der Waals surface area (Å²) in [6, 6.07) is -4.06. The zero-order chi connectivity index (χ0) is 22.1. The van der Waals surface area contributed by atoms with Crippen LogP contribution in [0.15, 0.2) is 0 Å². The van der Waals surface area contributed by atoms with Crippen molar-refractivity contribution >= 4 is 23.7 Å². The highest BCUT2D eigenvalue weighted by Crippen LogP contribution is 2.20. The second-order valence-electron chi connectivity index (χ2n) is 7.39. The highest BCUT2D eigenvalue weighted by atomic mass is 16.4. The van der Waals surface area contributed by atoms with E-state index in [0.29, 0.717) is 32.2 Å². The lowest BCUT2D eigenvalue weighted by atomic mass is 10.1. The molecule has 11 nitrogen and oxygen atoms in total. The van der Waals surface area contributed by atoms with Gasteiger partial charge < -0.3 is 37.2 Å². The number of hydrogen-bond donors (Lipinski definition) is 6. The molecule has 0 spiro atoms. The van der Waals surface area contributed by atoms with Crippen molar-refractivity contribution in [2.75, 3.05) is 13.1 Å². The van der Waals surface area contributed by atoms with Crippen molar-refractivity contribution in [1.29, 1.82) is 0 Å². The molecule has 5 atom stereocenters. The number of carbonyl (C=O) groups is 4. The lowest BCUT2D eigenvalue weighted by Gasteiger charge is -2.30. The van der Waals surface area contributed by atoms with Gasteiger partial charge in [-0.05, 0) is 52.5 Å². The van der Waals surface area contributed by atoms with Crippen molar-refractivity contribution in [1.82, 2.24) is 15.5 Å². The van der Waals surface area contributed by atoms with Crippen molar-refractivity contribution in [2.45, 2.75) is 76.2 Å². The number of aliphatic hydroxyl groups excluding tert-OH is 1. The van der Waals surface area contributed by atoms with Crippen molar-refractivity contribution in [3.63, 3.8) is 0 Å². The Kier molecular flexibility index (Phi) is 9.99. The van der Waals surface area contributed by atoms with Crippen molar-refractivity contribution < 1.29 is 29.4 Å². The molecule has 0 bridgehead atoms. The molecule has 1 fully saturated rings. The Morgan fingerprint density at radius 3 is 2.34 bits per heavy atom. The molecule has 11 heteroatoms. The molecular weight excluding hydrogens is 382 g/mol. The van der Waals surface area contributed by atoms with Crippen LogP contribution in [-0.2, 0) is 19.2 Å². The standard InChI is InChI=1S/C18H33N5O6/c1-10(20)15(25)22-14(11(2)24)17(27)23-9-5-7-13(23)16(26)21-12(18(28)29)6-3-4-8-19/h10-14,24H,3-9,19-20H2,1-2H3,(H,21,26)(H,22,25)(H,28,29). The topological polar surface area (TPSA) is 188 Å². The third-order valence-corrected chi connectivity index (χ3v) is 4.86. The zero-order valence-corrected chi connectivity index (χ0v) is 17.0. The lowest BCUT2D eigenvalue weighted by Crippen LogP contribution is -2.59. The van der Waals surface area contributed by atoms with Gasteiger partial charge in [-0.25, -0.2) is 4.79 Å². The second kappa shape index (κ2) is 11.7. The van der Waals surface area contributed by atoms with Gasteiger partial charge in [0.2, 0.25) is 17.7 Å². The van der Waals surface area contributed by atoms with E-state index in [9.17, 15) is 29.4 Å². The summed E-state index contributed by atoms with van der Waals surface area (Å²) < 4.78 is 0. The average Bonchev–Trinajstić information content (AvgIpc) is 3.14. The highest BCUT2D eigenvalue weighted by Gasteiger charge is 2.40. The van der Waals surface area contributed by atoms with Gasteiger partial charge in [0.05, 0.1) is 12.1 Å². The molecule has 1 aliphatic heterocycles. The molecule has 0 saturated carbocycles. The summed E-state index contributed by atoms with van der Waals surface area (Å²) in [5.74, 6) is -2.94. The first-order chi connectivity index (χ1) is 13.6. The van der Waals surface area contributed by atoms with Gasteiger partial charge in [-0.3, -0.25) is 14.4 Å². The van der Waals surface area contributed by atoms with Gasteiger partial charge in [-0.15, -0.1) is 0 Å². The molecule has 8 N–H and O–H groups in total. The van der Waals surface area contributed by atoms with Gasteiger partial charge in [-0.1, -0.05) is 0 Å². The highest BCUT2D eigenvalue weighted by molar-refractivity contribution is 5.94. The van der Waals surface area contributed by atoms with E-state index < -0.39 is 54.0 Å². The number of carboxylic acids is 1. The predicted octanol–water partition coefficient (Wildman–Crippen LogP) is -2.11. The molecule has 29 heavy (non-hydrogen) atoms. The third kappa shape index (κ3) is 7.26. The number of rotatable bonds is 11. The van der Waals surface area contributed by atoms with Crippen LogP contribution in [0.25, 0.3) is 0 Å². The third-order valence-electron chi connectivity index (χ3n) is 4.86. The summed E-state index contributed by atoms with van der Waals surface area (Å²) in [4.78, 5) is 50.1. The Labute approximate surface area is 170 Å². The number of likely N-dealkylation sites (tertiary alicyclic amines) is 1. The van der Waals surface area contributed by atoms with Gasteiger partial charge >= 0.3 is 5.97 Å². The summed E-state index contributed by atoms with van der Waals surface area (Å²) in [5.41, 5.74) is 10.9. The Morgan fingerprint density at radius 2 is 1.83 bits per heavy atom. The molecule has 1 rings (SSSR count). The minimum atomic E-state index is -1.25. The summed E-state index contributed by atoms with van der Waals surface area (Å²) in [6.07, 6.45) is 1.14. The Morgan fingerprint density at radius 1 is 1.17 bits per heavy atom.